The van der Waals surface area contributed by atoms with Crippen LogP contribution in [0.1, 0.15) is 127 Å². The molecule has 70 heavy (non-hydrogen) atoms. The van der Waals surface area contributed by atoms with Gasteiger partial charge >= 0.3 is 0 Å². The third-order valence-corrected chi connectivity index (χ3v) is 14.7. The van der Waals surface area contributed by atoms with Gasteiger partial charge in [-0.05, 0) is 143 Å². The Hall–Kier alpha value is -7.00. The highest BCUT2D eigenvalue weighted by Gasteiger charge is 2.35. The average molecular weight is 942 g/mol. The van der Waals surface area contributed by atoms with Gasteiger partial charge in [-0.15, -0.1) is 0 Å². The third kappa shape index (κ3) is 10.4. The number of rotatable bonds is 9. The number of hydrogen-bond donors (Lipinski definition) is 6. The van der Waals surface area contributed by atoms with Crippen molar-refractivity contribution in [3.05, 3.63) is 159 Å². The zero-order valence-electron chi connectivity index (χ0n) is 40.2. The molecule has 0 radical (unpaired) electrons. The molecule has 11 rings (SSSR count). The number of aliphatic hydroxyl groups excluding tert-OH is 2. The fraction of sp³-hybridized carbons (Fsp3) is 0.356. The van der Waals surface area contributed by atoms with Gasteiger partial charge in [0.05, 0.1) is 13.0 Å². The molecule has 0 aromatic heterocycles. The van der Waals surface area contributed by atoms with Crippen molar-refractivity contribution in [3.8, 4) is 29.3 Å². The number of hydrogen-bond acceptors (Lipinski definition) is 9. The molecule has 5 aromatic rings. The van der Waals surface area contributed by atoms with E-state index >= 15 is 0 Å². The van der Waals surface area contributed by atoms with E-state index in [0.29, 0.717) is 59.7 Å². The summed E-state index contributed by atoms with van der Waals surface area (Å²) >= 11 is 0. The van der Waals surface area contributed by atoms with Crippen molar-refractivity contribution in [2.45, 2.75) is 108 Å². The Balaban J connectivity index is 1.16. The van der Waals surface area contributed by atoms with E-state index in [2.05, 4.69) is 59.6 Å². The van der Waals surface area contributed by atoms with Crippen LogP contribution >= 0.6 is 0 Å². The van der Waals surface area contributed by atoms with Gasteiger partial charge in [0.2, 0.25) is 0 Å². The largest absolute Gasteiger partial charge is 0.508 e. The van der Waals surface area contributed by atoms with Crippen LogP contribution in [0.4, 0.5) is 5.69 Å². The predicted octanol–water partition coefficient (Wildman–Crippen LogP) is 10.9. The number of guanidine groups is 1. The van der Waals surface area contributed by atoms with Crippen molar-refractivity contribution in [1.82, 2.24) is 0 Å². The molecule has 4 aliphatic heterocycles. The van der Waals surface area contributed by atoms with Gasteiger partial charge in [0.25, 0.3) is 0 Å². The van der Waals surface area contributed by atoms with E-state index in [1.165, 1.54) is 5.56 Å². The van der Waals surface area contributed by atoms with Gasteiger partial charge < -0.3 is 45.7 Å². The lowest BCUT2D eigenvalue weighted by atomic mass is 9.73. The number of phenolic OH excluding ortho intramolecular Hbond substituents is 1. The number of methoxy groups -OCH3 is 1. The van der Waals surface area contributed by atoms with E-state index in [4.69, 9.17) is 19.9 Å². The first-order valence-corrected chi connectivity index (χ1v) is 24.6. The molecule has 11 nitrogen and oxygen atoms in total. The molecule has 2 aliphatic carbocycles. The van der Waals surface area contributed by atoms with E-state index in [0.717, 1.165) is 64.6 Å². The number of ether oxygens (including phenoxy) is 3. The second-order valence-corrected chi connectivity index (χ2v) is 19.2. The van der Waals surface area contributed by atoms with Crippen LogP contribution in [0.3, 0.4) is 0 Å². The zero-order valence-corrected chi connectivity index (χ0v) is 40.2. The Bertz CT molecular complexity index is 2940. The van der Waals surface area contributed by atoms with Crippen LogP contribution in [0.5, 0.6) is 17.2 Å². The molecule has 0 amide bonds. The topological polar surface area (TPSA) is 176 Å². The lowest BCUT2D eigenvalue weighted by molar-refractivity contribution is -0.121. The number of aliphatic hydroxyl groups is 3. The average Bonchev–Trinajstić information content (AvgIpc) is 3.37. The SMILES string of the molecule is CN=C(N)Nc1cccc(CCCC[C@@H]2C=C3CC[C@H](c4ccccc4)[C@H]4C#CO[C@H](CC(=O)CCc5ccc(OC)c(c5)OCc5c(C(O)O)cc6c4c(O)cc4c6c5C=C[C@@H]4C)C[C@H]2C=C3O)c1. The Morgan fingerprint density at radius 2 is 1.83 bits per heavy atom. The molecule has 6 atom stereocenters. The van der Waals surface area contributed by atoms with Crippen LogP contribution in [0.15, 0.2) is 119 Å². The van der Waals surface area contributed by atoms with Gasteiger partial charge in [-0.1, -0.05) is 86.0 Å². The number of nitrogens with two attached hydrogens (primary N) is 1. The summed E-state index contributed by atoms with van der Waals surface area (Å²) in [6.45, 7) is 2.06. The monoisotopic (exact) mass is 941 g/mol. The standard InChI is InChI=1S/C59H63N3O8/c1-35-16-21-46-51-34-70-55-27-37(18-23-54(55)68-3)17-20-43(63)31-44-29-41-30-52(64)40(28-39(41)14-8-7-10-36-11-9-15-42(26-36)62-59(60)61-2)19-22-45(38-12-5-4-6-13-38)47(24-25-69-44)57-50(32-49(51)58(66)67)56(46)48(35)33-53(57)65/h4-6,9,11-13,15-16,18,21,23,26-28,30,32-33,35,39,41,44-45,47,58,64-67H,7-8,10,14,17,19-20,22,29,31,34H2,1-3H3,(H3,60,61,62)/t35-,39+,41-,44-,45+,47+/m0/s1. The number of phenols is 1. The number of fused-ring (bicyclic) bond motifs is 8. The smallest absolute Gasteiger partial charge is 0.192 e. The molecule has 4 heterocycles. The van der Waals surface area contributed by atoms with Gasteiger partial charge in [0.15, 0.2) is 23.7 Å². The fourth-order valence-corrected chi connectivity index (χ4v) is 11.0. The molecular formula is C59H63N3O8. The number of ketones is 1. The van der Waals surface area contributed by atoms with Crippen LogP contribution in [0.25, 0.3) is 16.8 Å². The molecule has 362 valence electrons. The molecular weight excluding hydrogens is 879 g/mol. The summed E-state index contributed by atoms with van der Waals surface area (Å²) in [5.41, 5.74) is 13.8. The lowest BCUT2D eigenvalue weighted by Gasteiger charge is -2.31. The summed E-state index contributed by atoms with van der Waals surface area (Å²) in [4.78, 5) is 18.1. The number of allylic oxidation sites excluding steroid dienone is 4. The first kappa shape index (κ1) is 48.0. The number of nitrogens with one attached hydrogen (secondary N) is 1. The highest BCUT2D eigenvalue weighted by molar-refractivity contribution is 6.01. The van der Waals surface area contributed by atoms with Crippen LogP contribution in [-0.2, 0) is 29.0 Å². The molecule has 5 aromatic carbocycles. The molecule has 0 saturated heterocycles. The summed E-state index contributed by atoms with van der Waals surface area (Å²) in [6, 6.07) is 27.5. The molecule has 11 heteroatoms. The molecule has 0 fully saturated rings. The maximum absolute atomic E-state index is 14.1. The van der Waals surface area contributed by atoms with Gasteiger partial charge in [-0.2, -0.15) is 0 Å². The summed E-state index contributed by atoms with van der Waals surface area (Å²) in [5.74, 6) is 4.00. The van der Waals surface area contributed by atoms with Crippen molar-refractivity contribution in [2.75, 3.05) is 19.5 Å². The van der Waals surface area contributed by atoms with Crippen LogP contribution < -0.4 is 20.5 Å². The van der Waals surface area contributed by atoms with Gasteiger partial charge in [0, 0.05) is 54.1 Å². The minimum Gasteiger partial charge on any atom is -0.508 e. The van der Waals surface area contributed by atoms with Gasteiger partial charge in [-0.25, -0.2) is 0 Å². The van der Waals surface area contributed by atoms with Gasteiger partial charge in [0.1, 0.15) is 36.1 Å². The highest BCUT2D eigenvalue weighted by atomic mass is 16.5. The quantitative estimate of drug-likeness (QED) is 0.0274. The molecule has 7 N–H and O–H groups in total. The Morgan fingerprint density at radius 3 is 2.63 bits per heavy atom. The number of anilines is 1. The zero-order chi connectivity index (χ0) is 48.9. The number of nitrogens with zero attached hydrogens (tertiary/aromatic N) is 1. The lowest BCUT2D eigenvalue weighted by Crippen LogP contribution is -2.25. The predicted molar refractivity (Wildman–Crippen MR) is 275 cm³/mol. The van der Waals surface area contributed by atoms with E-state index in [1.54, 1.807) is 20.2 Å². The fourth-order valence-electron chi connectivity index (χ4n) is 11.0. The summed E-state index contributed by atoms with van der Waals surface area (Å²) < 4.78 is 18.9. The summed E-state index contributed by atoms with van der Waals surface area (Å²) in [5, 5.41) is 51.3. The summed E-state index contributed by atoms with van der Waals surface area (Å²) in [6.07, 6.45) is 14.9. The molecule has 0 saturated carbocycles. The maximum atomic E-state index is 14.1. The third-order valence-electron chi connectivity index (χ3n) is 14.7. The number of aliphatic imine (C=N–C) groups is 1. The molecule has 6 aliphatic rings. The normalized spacial score (nSPS) is 22.4. The number of Topliss-reactive ketones (excluding diaryl/α,β-unsaturated/α-hetero) is 1. The molecule has 0 unspecified atom stereocenters. The Morgan fingerprint density at radius 1 is 0.986 bits per heavy atom. The van der Waals surface area contributed by atoms with Crippen molar-refractivity contribution in [2.24, 2.45) is 22.6 Å². The van der Waals surface area contributed by atoms with Crippen molar-refractivity contribution in [3.63, 3.8) is 0 Å². The minimum absolute atomic E-state index is 0.0121. The number of carbonyl (C=O) groups excluding carboxylic acids is 1. The number of aryl methyl sites for hydroxylation is 2. The molecule has 0 spiro atoms. The Labute approximate surface area is 410 Å². The van der Waals surface area contributed by atoms with Crippen LogP contribution in [0.2, 0.25) is 0 Å². The van der Waals surface area contributed by atoms with Crippen LogP contribution in [0, 0.1) is 23.9 Å². The second-order valence-electron chi connectivity index (χ2n) is 19.2. The maximum Gasteiger partial charge on any atom is 0.192 e. The van der Waals surface area contributed by atoms with Gasteiger partial charge in [-0.3, -0.25) is 9.79 Å². The number of carbonyl (C=O) groups is 1. The van der Waals surface area contributed by atoms with E-state index in [9.17, 15) is 25.2 Å². The van der Waals surface area contributed by atoms with E-state index in [-0.39, 0.29) is 66.0 Å². The Kier molecular flexibility index (Phi) is 14.6. The number of aromatic hydroxyl groups is 1. The number of unbranched alkanes of at least 4 members (excludes halogenated alkanes) is 1. The van der Waals surface area contributed by atoms with E-state index < -0.39 is 18.3 Å². The summed E-state index contributed by atoms with van der Waals surface area (Å²) in [7, 11) is 3.22. The van der Waals surface area contributed by atoms with Crippen LogP contribution in [-0.4, -0.2) is 52.4 Å². The van der Waals surface area contributed by atoms with Crippen molar-refractivity contribution < 1.29 is 39.4 Å². The van der Waals surface area contributed by atoms with E-state index in [1.807, 2.05) is 72.8 Å². The van der Waals surface area contributed by atoms with Crippen molar-refractivity contribution in [1.29, 1.82) is 0 Å². The highest BCUT2D eigenvalue weighted by Crippen LogP contribution is 2.50. The first-order chi connectivity index (χ1) is 34.0. The minimum atomic E-state index is -1.88. The molecule has 10 bridgehead atoms. The number of benzene rings is 5. The second kappa shape index (κ2) is 21.3. The first-order valence-electron chi connectivity index (χ1n) is 24.6. The van der Waals surface area contributed by atoms with Crippen molar-refractivity contribution >= 4 is 34.3 Å².